The standard InChI is InChI=1S/C16H11Cl2NO3S/c17-11-3-2-10(6-12(11)18)19-15(20)7-23-16(19)9-1-4-13-14(5-9)22-8-21-13/h1-6,16H,7-8H2. The summed E-state index contributed by atoms with van der Waals surface area (Å²) in [5.74, 6) is 1.89. The average Bonchev–Trinajstić information content (AvgIpc) is 3.15. The molecule has 1 unspecified atom stereocenters. The van der Waals surface area contributed by atoms with Crippen molar-refractivity contribution in [3.05, 3.63) is 52.0 Å². The van der Waals surface area contributed by atoms with Gasteiger partial charge in [-0.3, -0.25) is 9.69 Å². The number of carbonyl (C=O) groups excluding carboxylic acids is 1. The molecule has 0 aliphatic carbocycles. The molecule has 1 fully saturated rings. The molecule has 0 bridgehead atoms. The maximum Gasteiger partial charge on any atom is 0.238 e. The Bertz CT molecular complexity index is 799. The molecule has 0 saturated carbocycles. The van der Waals surface area contributed by atoms with Crippen molar-refractivity contribution in [2.45, 2.75) is 5.37 Å². The second kappa shape index (κ2) is 5.82. The van der Waals surface area contributed by atoms with Crippen LogP contribution in [0.4, 0.5) is 5.69 Å². The zero-order valence-electron chi connectivity index (χ0n) is 11.8. The molecule has 7 heteroatoms. The van der Waals surface area contributed by atoms with Crippen LogP contribution in [-0.4, -0.2) is 18.5 Å². The third-order valence-corrected chi connectivity index (χ3v) is 5.68. The van der Waals surface area contributed by atoms with E-state index in [2.05, 4.69) is 0 Å². The molecule has 1 amide bonds. The number of halogens is 2. The van der Waals surface area contributed by atoms with Crippen LogP contribution in [0.3, 0.4) is 0 Å². The van der Waals surface area contributed by atoms with Gasteiger partial charge in [0.25, 0.3) is 0 Å². The highest BCUT2D eigenvalue weighted by Crippen LogP contribution is 2.45. The zero-order valence-corrected chi connectivity index (χ0v) is 14.1. The molecule has 2 aromatic rings. The number of ether oxygens (including phenoxy) is 2. The number of hydrogen-bond donors (Lipinski definition) is 0. The van der Waals surface area contributed by atoms with Gasteiger partial charge in [-0.05, 0) is 35.9 Å². The van der Waals surface area contributed by atoms with Crippen LogP contribution in [0.25, 0.3) is 0 Å². The Kier molecular flexibility index (Phi) is 3.79. The number of amides is 1. The first-order valence-electron chi connectivity index (χ1n) is 6.92. The van der Waals surface area contributed by atoms with Gasteiger partial charge in [-0.15, -0.1) is 11.8 Å². The summed E-state index contributed by atoms with van der Waals surface area (Å²) >= 11 is 13.6. The molecule has 2 aliphatic rings. The Labute approximate surface area is 147 Å². The molecule has 0 N–H and O–H groups in total. The lowest BCUT2D eigenvalue weighted by atomic mass is 10.1. The fraction of sp³-hybridized carbons (Fsp3) is 0.188. The monoisotopic (exact) mass is 367 g/mol. The van der Waals surface area contributed by atoms with Crippen LogP contribution in [-0.2, 0) is 4.79 Å². The highest BCUT2D eigenvalue weighted by Gasteiger charge is 2.35. The topological polar surface area (TPSA) is 38.8 Å². The third kappa shape index (κ3) is 2.63. The van der Waals surface area contributed by atoms with Crippen molar-refractivity contribution in [1.82, 2.24) is 0 Å². The molecule has 118 valence electrons. The number of nitrogens with zero attached hydrogens (tertiary/aromatic N) is 1. The van der Waals surface area contributed by atoms with Crippen LogP contribution in [0.2, 0.25) is 10.0 Å². The maximum atomic E-state index is 12.4. The van der Waals surface area contributed by atoms with E-state index in [0.717, 1.165) is 17.0 Å². The van der Waals surface area contributed by atoms with Gasteiger partial charge in [0.2, 0.25) is 12.7 Å². The Balaban J connectivity index is 1.72. The number of carbonyl (C=O) groups is 1. The van der Waals surface area contributed by atoms with Crippen molar-refractivity contribution in [2.75, 3.05) is 17.4 Å². The Morgan fingerprint density at radius 2 is 1.87 bits per heavy atom. The van der Waals surface area contributed by atoms with Crippen molar-refractivity contribution in [3.8, 4) is 11.5 Å². The van der Waals surface area contributed by atoms with E-state index in [4.69, 9.17) is 32.7 Å². The molecule has 0 aromatic heterocycles. The van der Waals surface area contributed by atoms with Crippen LogP contribution >= 0.6 is 35.0 Å². The fourth-order valence-electron chi connectivity index (χ4n) is 2.65. The average molecular weight is 368 g/mol. The lowest BCUT2D eigenvalue weighted by Gasteiger charge is -2.24. The molecule has 2 heterocycles. The van der Waals surface area contributed by atoms with Crippen molar-refractivity contribution in [1.29, 1.82) is 0 Å². The summed E-state index contributed by atoms with van der Waals surface area (Å²) in [5, 5.41) is 0.766. The first-order chi connectivity index (χ1) is 11.1. The number of fused-ring (bicyclic) bond motifs is 1. The number of hydrogen-bond acceptors (Lipinski definition) is 4. The Morgan fingerprint density at radius 3 is 2.70 bits per heavy atom. The normalized spacial score (nSPS) is 19.5. The second-order valence-electron chi connectivity index (χ2n) is 5.14. The first-order valence-corrected chi connectivity index (χ1v) is 8.72. The summed E-state index contributed by atoms with van der Waals surface area (Å²) in [6.45, 7) is 0.228. The summed E-state index contributed by atoms with van der Waals surface area (Å²) in [5.41, 5.74) is 1.72. The van der Waals surface area contributed by atoms with E-state index in [0.29, 0.717) is 21.5 Å². The van der Waals surface area contributed by atoms with Gasteiger partial charge in [-0.2, -0.15) is 0 Å². The van der Waals surface area contributed by atoms with E-state index < -0.39 is 0 Å². The minimum Gasteiger partial charge on any atom is -0.454 e. The lowest BCUT2D eigenvalue weighted by Crippen LogP contribution is -2.27. The first kappa shape index (κ1) is 15.0. The van der Waals surface area contributed by atoms with Crippen LogP contribution in [0.1, 0.15) is 10.9 Å². The lowest BCUT2D eigenvalue weighted by molar-refractivity contribution is -0.115. The summed E-state index contributed by atoms with van der Waals surface area (Å²) in [6.07, 6.45) is 0. The molecule has 23 heavy (non-hydrogen) atoms. The van der Waals surface area contributed by atoms with Crippen molar-refractivity contribution < 1.29 is 14.3 Å². The zero-order chi connectivity index (χ0) is 16.0. The minimum absolute atomic E-state index is 0.0380. The molecule has 2 aromatic carbocycles. The van der Waals surface area contributed by atoms with Crippen molar-refractivity contribution in [2.24, 2.45) is 0 Å². The minimum atomic E-state index is -0.130. The van der Waals surface area contributed by atoms with E-state index in [1.807, 2.05) is 18.2 Å². The molecule has 1 atom stereocenters. The summed E-state index contributed by atoms with van der Waals surface area (Å²) < 4.78 is 10.8. The highest BCUT2D eigenvalue weighted by molar-refractivity contribution is 8.00. The maximum absolute atomic E-state index is 12.4. The fourth-order valence-corrected chi connectivity index (χ4v) is 4.11. The van der Waals surface area contributed by atoms with Crippen LogP contribution in [0.15, 0.2) is 36.4 Å². The highest BCUT2D eigenvalue weighted by atomic mass is 35.5. The van der Waals surface area contributed by atoms with E-state index >= 15 is 0 Å². The quantitative estimate of drug-likeness (QED) is 0.783. The van der Waals surface area contributed by atoms with E-state index in [1.165, 1.54) is 0 Å². The van der Waals surface area contributed by atoms with Crippen LogP contribution < -0.4 is 14.4 Å². The molecule has 0 spiro atoms. The van der Waals surface area contributed by atoms with E-state index in [9.17, 15) is 4.79 Å². The van der Waals surface area contributed by atoms with Crippen molar-refractivity contribution in [3.63, 3.8) is 0 Å². The number of anilines is 1. The van der Waals surface area contributed by atoms with Crippen molar-refractivity contribution >= 4 is 46.6 Å². The second-order valence-corrected chi connectivity index (χ2v) is 7.02. The number of rotatable bonds is 2. The molecular formula is C16H11Cl2NO3S. The molecule has 1 saturated heterocycles. The van der Waals surface area contributed by atoms with Gasteiger partial charge in [0.15, 0.2) is 11.5 Å². The third-order valence-electron chi connectivity index (χ3n) is 3.73. The van der Waals surface area contributed by atoms with Gasteiger partial charge in [-0.1, -0.05) is 29.3 Å². The van der Waals surface area contributed by atoms with Gasteiger partial charge in [-0.25, -0.2) is 0 Å². The molecule has 4 rings (SSSR count). The summed E-state index contributed by atoms with van der Waals surface area (Å²) in [7, 11) is 0. The molecule has 2 aliphatic heterocycles. The Morgan fingerprint density at radius 1 is 1.04 bits per heavy atom. The molecule has 0 radical (unpaired) electrons. The smallest absolute Gasteiger partial charge is 0.238 e. The van der Waals surface area contributed by atoms with Gasteiger partial charge < -0.3 is 9.47 Å². The Hall–Kier alpha value is -1.56. The largest absolute Gasteiger partial charge is 0.454 e. The molecular weight excluding hydrogens is 357 g/mol. The summed E-state index contributed by atoms with van der Waals surface area (Å²) in [4.78, 5) is 14.1. The molecule has 4 nitrogen and oxygen atoms in total. The number of thioether (sulfide) groups is 1. The number of benzene rings is 2. The van der Waals surface area contributed by atoms with E-state index in [1.54, 1.807) is 34.9 Å². The van der Waals surface area contributed by atoms with Gasteiger partial charge in [0.05, 0.1) is 15.8 Å². The predicted molar refractivity (Wildman–Crippen MR) is 91.7 cm³/mol. The summed E-state index contributed by atoms with van der Waals surface area (Å²) in [6, 6.07) is 11.0. The van der Waals surface area contributed by atoms with Gasteiger partial charge in [0.1, 0.15) is 5.37 Å². The van der Waals surface area contributed by atoms with Gasteiger partial charge in [0, 0.05) is 5.69 Å². The van der Waals surface area contributed by atoms with Crippen LogP contribution in [0, 0.1) is 0 Å². The SMILES string of the molecule is O=C1CSC(c2ccc3c(c2)OCO3)N1c1ccc(Cl)c(Cl)c1. The van der Waals surface area contributed by atoms with Gasteiger partial charge >= 0.3 is 0 Å². The van der Waals surface area contributed by atoms with Crippen LogP contribution in [0.5, 0.6) is 11.5 Å². The predicted octanol–water partition coefficient (Wildman–Crippen LogP) is 4.50. The van der Waals surface area contributed by atoms with E-state index in [-0.39, 0.29) is 18.1 Å².